The minimum Gasteiger partial charge on any atom is -0.392 e. The Morgan fingerprint density at radius 2 is 1.80 bits per heavy atom. The predicted octanol–water partition coefficient (Wildman–Crippen LogP) is 1.25. The molecular weight excluding hydrogens is 318 g/mol. The molecule has 3 rings (SSSR count). The number of nitrogens with zero attached hydrogens (tertiary/aromatic N) is 2. The number of carbonyl (C=O) groups is 1. The monoisotopic (exact) mass is 337 g/mol. The van der Waals surface area contributed by atoms with Gasteiger partial charge in [-0.15, -0.1) is 0 Å². The molecule has 0 unspecified atom stereocenters. The summed E-state index contributed by atoms with van der Waals surface area (Å²) >= 11 is 0. The summed E-state index contributed by atoms with van der Waals surface area (Å²) in [7, 11) is 0. The van der Waals surface area contributed by atoms with Crippen LogP contribution in [0.1, 0.15) is 11.1 Å². The molecule has 1 heterocycles. The van der Waals surface area contributed by atoms with Crippen LogP contribution in [0.15, 0.2) is 59.5 Å². The Bertz CT molecular complexity index is 933. The van der Waals surface area contributed by atoms with Crippen molar-refractivity contribution in [3.63, 3.8) is 0 Å². The fraction of sp³-hybridized carbons (Fsp3) is 0.211. The molecule has 2 N–H and O–H groups in total. The molecule has 2 aromatic carbocycles. The number of hydrogen-bond donors (Lipinski definition) is 2. The fourth-order valence-corrected chi connectivity index (χ4v) is 2.63. The first-order valence-electron chi connectivity index (χ1n) is 8.07. The third-order valence-electron chi connectivity index (χ3n) is 4.00. The normalized spacial score (nSPS) is 10.8. The molecule has 0 aliphatic carbocycles. The number of nitrogens with one attached hydrogen (secondary N) is 1. The maximum atomic E-state index is 12.2. The lowest BCUT2D eigenvalue weighted by Crippen LogP contribution is -2.33. The molecule has 6 heteroatoms. The highest BCUT2D eigenvalue weighted by molar-refractivity contribution is 5.79. The van der Waals surface area contributed by atoms with Crippen molar-refractivity contribution in [2.75, 3.05) is 6.54 Å². The van der Waals surface area contributed by atoms with Crippen molar-refractivity contribution in [2.45, 2.75) is 19.6 Å². The molecular formula is C19H19N3O3. The summed E-state index contributed by atoms with van der Waals surface area (Å²) < 4.78 is 1.42. The summed E-state index contributed by atoms with van der Waals surface area (Å²) in [5.41, 5.74) is 2.96. The Hall–Kier alpha value is -2.99. The molecule has 0 aliphatic rings. The smallest absolute Gasteiger partial charge is 0.269 e. The van der Waals surface area contributed by atoms with Gasteiger partial charge in [0.05, 0.1) is 23.8 Å². The first-order valence-corrected chi connectivity index (χ1v) is 8.07. The maximum absolute atomic E-state index is 12.2. The third kappa shape index (κ3) is 4.10. The number of carbonyl (C=O) groups excluding carboxylic acids is 1. The lowest BCUT2D eigenvalue weighted by Gasteiger charge is -2.10. The molecule has 0 saturated heterocycles. The van der Waals surface area contributed by atoms with Crippen molar-refractivity contribution in [3.8, 4) is 0 Å². The minimum atomic E-state index is -0.298. The number of para-hydroxylation sites is 2. The zero-order valence-electron chi connectivity index (χ0n) is 13.7. The Morgan fingerprint density at radius 3 is 2.56 bits per heavy atom. The Balaban J connectivity index is 1.61. The van der Waals surface area contributed by atoms with Crippen LogP contribution in [0.4, 0.5) is 0 Å². The van der Waals surface area contributed by atoms with E-state index < -0.39 is 0 Å². The quantitative estimate of drug-likeness (QED) is 0.709. The van der Waals surface area contributed by atoms with Crippen molar-refractivity contribution in [1.82, 2.24) is 14.9 Å². The fourth-order valence-electron chi connectivity index (χ4n) is 2.63. The van der Waals surface area contributed by atoms with E-state index in [1.807, 2.05) is 36.4 Å². The Morgan fingerprint density at radius 1 is 1.08 bits per heavy atom. The second kappa shape index (κ2) is 7.72. The predicted molar refractivity (Wildman–Crippen MR) is 95.1 cm³/mol. The zero-order chi connectivity index (χ0) is 17.6. The van der Waals surface area contributed by atoms with Crippen molar-refractivity contribution < 1.29 is 9.90 Å². The summed E-state index contributed by atoms with van der Waals surface area (Å²) in [6.07, 6.45) is 1.92. The van der Waals surface area contributed by atoms with Crippen molar-refractivity contribution in [1.29, 1.82) is 0 Å². The third-order valence-corrected chi connectivity index (χ3v) is 4.00. The first kappa shape index (κ1) is 16.9. The summed E-state index contributed by atoms with van der Waals surface area (Å²) in [6, 6.07) is 14.8. The molecule has 1 aromatic heterocycles. The highest BCUT2D eigenvalue weighted by Crippen LogP contribution is 2.08. The van der Waals surface area contributed by atoms with Gasteiger partial charge in [0.2, 0.25) is 5.91 Å². The van der Waals surface area contributed by atoms with Gasteiger partial charge in [-0.25, -0.2) is 4.98 Å². The van der Waals surface area contributed by atoms with E-state index >= 15 is 0 Å². The van der Waals surface area contributed by atoms with Crippen LogP contribution in [-0.4, -0.2) is 27.1 Å². The van der Waals surface area contributed by atoms with Gasteiger partial charge in [-0.05, 0) is 29.7 Å². The van der Waals surface area contributed by atoms with Crippen LogP contribution >= 0.6 is 0 Å². The van der Waals surface area contributed by atoms with E-state index in [2.05, 4.69) is 10.3 Å². The van der Waals surface area contributed by atoms with Crippen LogP contribution in [0.5, 0.6) is 0 Å². The van der Waals surface area contributed by atoms with Gasteiger partial charge in [0.25, 0.3) is 5.56 Å². The van der Waals surface area contributed by atoms with Gasteiger partial charge in [-0.3, -0.25) is 14.2 Å². The lowest BCUT2D eigenvalue weighted by atomic mass is 10.1. The average molecular weight is 337 g/mol. The second-order valence-corrected chi connectivity index (χ2v) is 5.75. The standard InChI is InChI=1S/C19H19N3O3/c23-13-15-7-5-14(6-8-15)9-10-20-18(24)12-22-17-4-2-1-3-16(17)21-11-19(22)25/h1-8,11,23H,9-10,12-13H2,(H,20,24). The molecule has 128 valence electrons. The first-order chi connectivity index (χ1) is 12.2. The van der Waals surface area contributed by atoms with Gasteiger partial charge < -0.3 is 10.4 Å². The van der Waals surface area contributed by atoms with Crippen molar-refractivity contribution in [2.24, 2.45) is 0 Å². The number of benzene rings is 2. The van der Waals surface area contributed by atoms with Crippen LogP contribution in [0.2, 0.25) is 0 Å². The number of hydrogen-bond acceptors (Lipinski definition) is 4. The maximum Gasteiger partial charge on any atom is 0.269 e. The number of aliphatic hydroxyl groups is 1. The van der Waals surface area contributed by atoms with E-state index in [0.29, 0.717) is 24.0 Å². The van der Waals surface area contributed by atoms with E-state index in [4.69, 9.17) is 5.11 Å². The molecule has 0 bridgehead atoms. The largest absolute Gasteiger partial charge is 0.392 e. The molecule has 1 amide bonds. The number of fused-ring (bicyclic) bond motifs is 1. The topological polar surface area (TPSA) is 84.2 Å². The minimum absolute atomic E-state index is 0.0195. The average Bonchev–Trinajstić information content (AvgIpc) is 2.65. The number of aliphatic hydroxyl groups excluding tert-OH is 1. The number of aromatic nitrogens is 2. The van der Waals surface area contributed by atoms with Crippen LogP contribution in [0.3, 0.4) is 0 Å². The molecule has 0 fully saturated rings. The van der Waals surface area contributed by atoms with E-state index in [1.165, 1.54) is 10.8 Å². The van der Waals surface area contributed by atoms with Crippen LogP contribution < -0.4 is 10.9 Å². The Kier molecular flexibility index (Phi) is 5.20. The van der Waals surface area contributed by atoms with Gasteiger partial charge in [0, 0.05) is 6.54 Å². The van der Waals surface area contributed by atoms with E-state index in [1.54, 1.807) is 12.1 Å². The van der Waals surface area contributed by atoms with Crippen LogP contribution in [0.25, 0.3) is 11.0 Å². The highest BCUT2D eigenvalue weighted by Gasteiger charge is 2.08. The molecule has 0 atom stereocenters. The summed E-state index contributed by atoms with van der Waals surface area (Å²) in [5, 5.41) is 11.9. The SMILES string of the molecule is O=C(Cn1c(=O)cnc2ccccc21)NCCc1ccc(CO)cc1. The molecule has 0 saturated carbocycles. The molecule has 25 heavy (non-hydrogen) atoms. The van der Waals surface area contributed by atoms with Crippen molar-refractivity contribution >= 4 is 16.9 Å². The van der Waals surface area contributed by atoms with E-state index in [-0.39, 0.29) is 24.6 Å². The molecule has 6 nitrogen and oxygen atoms in total. The highest BCUT2D eigenvalue weighted by atomic mass is 16.3. The zero-order valence-corrected chi connectivity index (χ0v) is 13.7. The van der Waals surface area contributed by atoms with Gasteiger partial charge >= 0.3 is 0 Å². The lowest BCUT2D eigenvalue weighted by molar-refractivity contribution is -0.121. The van der Waals surface area contributed by atoms with Gasteiger partial charge in [-0.1, -0.05) is 36.4 Å². The van der Waals surface area contributed by atoms with E-state index in [0.717, 1.165) is 11.1 Å². The van der Waals surface area contributed by atoms with Gasteiger partial charge in [0.1, 0.15) is 6.54 Å². The van der Waals surface area contributed by atoms with Crippen molar-refractivity contribution in [3.05, 3.63) is 76.2 Å². The molecule has 0 radical (unpaired) electrons. The van der Waals surface area contributed by atoms with Crippen LogP contribution in [0, 0.1) is 0 Å². The summed E-state index contributed by atoms with van der Waals surface area (Å²) in [5.74, 6) is -0.217. The number of amides is 1. The summed E-state index contributed by atoms with van der Waals surface area (Å²) in [4.78, 5) is 28.3. The Labute approximate surface area is 144 Å². The van der Waals surface area contributed by atoms with E-state index in [9.17, 15) is 9.59 Å². The van der Waals surface area contributed by atoms with Crippen LogP contribution in [-0.2, 0) is 24.4 Å². The molecule has 0 aliphatic heterocycles. The summed E-state index contributed by atoms with van der Waals surface area (Å²) in [6.45, 7) is 0.464. The van der Waals surface area contributed by atoms with Gasteiger partial charge in [0.15, 0.2) is 0 Å². The molecule has 0 spiro atoms. The second-order valence-electron chi connectivity index (χ2n) is 5.75. The molecule has 3 aromatic rings. The number of rotatable bonds is 6. The van der Waals surface area contributed by atoms with Gasteiger partial charge in [-0.2, -0.15) is 0 Å².